The first kappa shape index (κ1) is 26.8. The number of carbonyl (C=O) groups excluding carboxylic acids is 2. The van der Waals surface area contributed by atoms with Crippen LogP contribution < -0.4 is 5.32 Å². The van der Waals surface area contributed by atoms with Crippen LogP contribution in [0.1, 0.15) is 32.6 Å². The highest BCUT2D eigenvalue weighted by atomic mass is 35.5. The topological polar surface area (TPSA) is 130 Å². The molecule has 0 radical (unpaired) electrons. The summed E-state index contributed by atoms with van der Waals surface area (Å²) in [5.74, 6) is -1.68. The number of hydrogen-bond acceptors (Lipinski definition) is 6. The molecule has 2 N–H and O–H groups in total. The van der Waals surface area contributed by atoms with E-state index in [4.69, 9.17) is 11.6 Å². The number of fused-ring (bicyclic) bond motifs is 1. The van der Waals surface area contributed by atoms with E-state index >= 15 is 0 Å². The highest BCUT2D eigenvalue weighted by Crippen LogP contribution is 2.24. The van der Waals surface area contributed by atoms with E-state index in [-0.39, 0.29) is 18.0 Å². The fourth-order valence-electron chi connectivity index (χ4n) is 4.79. The summed E-state index contributed by atoms with van der Waals surface area (Å²) in [5, 5.41) is 24.1. The van der Waals surface area contributed by atoms with Crippen LogP contribution >= 0.6 is 11.6 Å². The Balaban J connectivity index is 1.36. The fraction of sp³-hybridized carbons (Fsp3) is 0.172. The SMILES string of the molecule is O=C(C=Cc1cc(Cl)ccc1-n1cnnn1)NC(Cc1ccccc1)C(=O)N1CCc2c(cccc2C(=O)O)C1. The highest BCUT2D eigenvalue weighted by Gasteiger charge is 2.30. The highest BCUT2D eigenvalue weighted by molar-refractivity contribution is 6.30. The van der Waals surface area contributed by atoms with Crippen LogP contribution in [0.2, 0.25) is 5.02 Å². The minimum atomic E-state index is -0.986. The summed E-state index contributed by atoms with van der Waals surface area (Å²) in [7, 11) is 0. The van der Waals surface area contributed by atoms with Crippen LogP contribution in [-0.4, -0.2) is 60.6 Å². The molecular weight excluding hydrogens is 532 g/mol. The molecule has 2 heterocycles. The third-order valence-corrected chi connectivity index (χ3v) is 6.94. The lowest BCUT2D eigenvalue weighted by molar-refractivity contribution is -0.136. The van der Waals surface area contributed by atoms with Gasteiger partial charge in [0.25, 0.3) is 0 Å². The molecule has 4 aromatic rings. The number of rotatable bonds is 8. The first-order chi connectivity index (χ1) is 19.4. The maximum absolute atomic E-state index is 13.7. The first-order valence-electron chi connectivity index (χ1n) is 12.6. The Labute approximate surface area is 234 Å². The van der Waals surface area contributed by atoms with Gasteiger partial charge in [-0.1, -0.05) is 54.1 Å². The van der Waals surface area contributed by atoms with Crippen LogP contribution in [0.5, 0.6) is 0 Å². The lowest BCUT2D eigenvalue weighted by Gasteiger charge is -2.32. The Kier molecular flexibility index (Phi) is 7.97. The van der Waals surface area contributed by atoms with Gasteiger partial charge < -0.3 is 15.3 Å². The first-order valence-corrected chi connectivity index (χ1v) is 12.9. The van der Waals surface area contributed by atoms with Crippen molar-refractivity contribution in [3.63, 3.8) is 0 Å². The average molecular weight is 557 g/mol. The van der Waals surface area contributed by atoms with Gasteiger partial charge in [0.05, 0.1) is 11.3 Å². The molecule has 0 spiro atoms. The van der Waals surface area contributed by atoms with Gasteiger partial charge >= 0.3 is 5.97 Å². The number of carbonyl (C=O) groups is 3. The van der Waals surface area contributed by atoms with E-state index < -0.39 is 17.9 Å². The number of tetrazole rings is 1. The second kappa shape index (κ2) is 11.9. The number of carboxylic acid groups (broad SMARTS) is 1. The van der Waals surface area contributed by atoms with Crippen molar-refractivity contribution in [1.82, 2.24) is 30.4 Å². The molecule has 2 amide bonds. The number of aromatic carboxylic acids is 1. The van der Waals surface area contributed by atoms with Crippen LogP contribution in [0.3, 0.4) is 0 Å². The number of amides is 2. The lowest BCUT2D eigenvalue weighted by atomic mass is 9.93. The van der Waals surface area contributed by atoms with Gasteiger partial charge in [-0.25, -0.2) is 4.79 Å². The minimum Gasteiger partial charge on any atom is -0.478 e. The zero-order chi connectivity index (χ0) is 28.1. The molecule has 40 heavy (non-hydrogen) atoms. The Morgan fingerprint density at radius 1 is 1.07 bits per heavy atom. The summed E-state index contributed by atoms with van der Waals surface area (Å²) in [6, 6.07) is 18.8. The van der Waals surface area contributed by atoms with Gasteiger partial charge in [-0.05, 0) is 63.9 Å². The molecule has 0 saturated heterocycles. The summed E-state index contributed by atoms with van der Waals surface area (Å²) in [5.41, 5.74) is 3.93. The Morgan fingerprint density at radius 3 is 2.65 bits per heavy atom. The van der Waals surface area contributed by atoms with Crippen LogP contribution in [-0.2, 0) is 29.0 Å². The van der Waals surface area contributed by atoms with E-state index in [2.05, 4.69) is 20.8 Å². The molecule has 0 saturated carbocycles. The third-order valence-electron chi connectivity index (χ3n) is 6.70. The van der Waals surface area contributed by atoms with E-state index in [1.807, 2.05) is 36.4 Å². The Morgan fingerprint density at radius 2 is 1.90 bits per heavy atom. The molecule has 0 bridgehead atoms. The van der Waals surface area contributed by atoms with E-state index in [1.165, 1.54) is 17.1 Å². The maximum atomic E-state index is 13.7. The zero-order valence-corrected chi connectivity index (χ0v) is 22.0. The van der Waals surface area contributed by atoms with Gasteiger partial charge in [-0.15, -0.1) is 5.10 Å². The van der Waals surface area contributed by atoms with Crippen molar-refractivity contribution in [3.05, 3.63) is 112 Å². The second-order valence-electron chi connectivity index (χ2n) is 9.30. The van der Waals surface area contributed by atoms with Gasteiger partial charge in [0, 0.05) is 36.2 Å². The summed E-state index contributed by atoms with van der Waals surface area (Å²) in [6.07, 6.45) is 5.09. The van der Waals surface area contributed by atoms with E-state index in [1.54, 1.807) is 41.3 Å². The van der Waals surface area contributed by atoms with Crippen molar-refractivity contribution in [2.75, 3.05) is 6.54 Å². The molecule has 11 heteroatoms. The Bertz CT molecular complexity index is 1570. The van der Waals surface area contributed by atoms with Gasteiger partial charge in [0.1, 0.15) is 12.4 Å². The number of hydrogen-bond donors (Lipinski definition) is 2. The van der Waals surface area contributed by atoms with Crippen molar-refractivity contribution in [1.29, 1.82) is 0 Å². The number of nitrogens with one attached hydrogen (secondary N) is 1. The predicted molar refractivity (Wildman–Crippen MR) is 148 cm³/mol. The van der Waals surface area contributed by atoms with E-state index in [0.717, 1.165) is 16.7 Å². The van der Waals surface area contributed by atoms with Gasteiger partial charge in [0.15, 0.2) is 0 Å². The van der Waals surface area contributed by atoms with Gasteiger partial charge in [-0.2, -0.15) is 4.68 Å². The Hall–Kier alpha value is -4.83. The molecule has 0 aliphatic carbocycles. The molecule has 1 aliphatic heterocycles. The standard InChI is InChI=1S/C29H25ClN6O4/c30-22-10-11-26(36-18-31-33-34-36)20(16-22)9-12-27(37)32-25(15-19-5-2-1-3-6-19)28(38)35-14-13-23-21(17-35)7-4-8-24(23)29(39)40/h1-12,16,18,25H,13-15,17H2,(H,32,37)(H,39,40). The quantitative estimate of drug-likeness (QED) is 0.318. The number of nitrogens with zero attached hydrogens (tertiary/aromatic N) is 5. The van der Waals surface area contributed by atoms with E-state index in [9.17, 15) is 19.5 Å². The largest absolute Gasteiger partial charge is 0.478 e. The average Bonchev–Trinajstić information content (AvgIpc) is 3.50. The summed E-state index contributed by atoms with van der Waals surface area (Å²) < 4.78 is 1.46. The molecule has 5 rings (SSSR count). The van der Waals surface area contributed by atoms with Gasteiger partial charge in [0.2, 0.25) is 11.8 Å². The maximum Gasteiger partial charge on any atom is 0.335 e. The van der Waals surface area contributed by atoms with E-state index in [0.29, 0.717) is 35.7 Å². The minimum absolute atomic E-state index is 0.242. The molecule has 10 nitrogen and oxygen atoms in total. The van der Waals surface area contributed by atoms with Crippen LogP contribution in [0.4, 0.5) is 0 Å². The van der Waals surface area contributed by atoms with Crippen molar-refractivity contribution < 1.29 is 19.5 Å². The molecule has 1 atom stereocenters. The van der Waals surface area contributed by atoms with Crippen molar-refractivity contribution >= 4 is 35.5 Å². The third kappa shape index (κ3) is 6.08. The van der Waals surface area contributed by atoms with Crippen LogP contribution in [0, 0.1) is 0 Å². The zero-order valence-electron chi connectivity index (χ0n) is 21.3. The van der Waals surface area contributed by atoms with Gasteiger partial charge in [-0.3, -0.25) is 9.59 Å². The summed E-state index contributed by atoms with van der Waals surface area (Å²) in [4.78, 5) is 40.1. The molecule has 1 aromatic heterocycles. The predicted octanol–water partition coefficient (Wildman–Crippen LogP) is 3.34. The second-order valence-corrected chi connectivity index (χ2v) is 9.74. The fourth-order valence-corrected chi connectivity index (χ4v) is 4.97. The number of benzene rings is 3. The number of halogens is 1. The molecular formula is C29H25ClN6O4. The number of carboxylic acids is 1. The lowest BCUT2D eigenvalue weighted by Crippen LogP contribution is -2.50. The molecule has 3 aromatic carbocycles. The van der Waals surface area contributed by atoms with Crippen molar-refractivity contribution in [2.24, 2.45) is 0 Å². The van der Waals surface area contributed by atoms with Crippen LogP contribution in [0.25, 0.3) is 11.8 Å². The number of aromatic nitrogens is 4. The normalized spacial score (nSPS) is 13.6. The van der Waals surface area contributed by atoms with Crippen molar-refractivity contribution in [2.45, 2.75) is 25.4 Å². The van der Waals surface area contributed by atoms with Crippen LogP contribution in [0.15, 0.2) is 79.1 Å². The summed E-state index contributed by atoms with van der Waals surface area (Å²) >= 11 is 6.18. The smallest absolute Gasteiger partial charge is 0.335 e. The van der Waals surface area contributed by atoms with Crippen molar-refractivity contribution in [3.8, 4) is 5.69 Å². The monoisotopic (exact) mass is 556 g/mol. The molecule has 1 aliphatic rings. The molecule has 0 fully saturated rings. The molecule has 1 unspecified atom stereocenters. The molecule has 202 valence electrons. The summed E-state index contributed by atoms with van der Waals surface area (Å²) in [6.45, 7) is 0.620.